The molecule has 1 aliphatic rings. The van der Waals surface area contributed by atoms with Gasteiger partial charge in [0.05, 0.1) is 17.4 Å². The normalized spacial score (nSPS) is 17.0. The first-order valence-electron chi connectivity index (χ1n) is 7.21. The minimum absolute atomic E-state index is 0.309. The second-order valence-electron chi connectivity index (χ2n) is 5.33. The summed E-state index contributed by atoms with van der Waals surface area (Å²) in [5.74, 6) is -0.973. The molecule has 24 heavy (non-hydrogen) atoms. The van der Waals surface area contributed by atoms with Gasteiger partial charge in [-0.05, 0) is 36.8 Å². The summed E-state index contributed by atoms with van der Waals surface area (Å²) in [5.41, 5.74) is 1.26. The van der Waals surface area contributed by atoms with Crippen molar-refractivity contribution in [1.29, 1.82) is 0 Å². The minimum atomic E-state index is -2.93. The van der Waals surface area contributed by atoms with E-state index in [1.54, 1.807) is 35.8 Å². The number of halogens is 3. The average Bonchev–Trinajstić information content (AvgIpc) is 2.99. The molecule has 0 saturated heterocycles. The van der Waals surface area contributed by atoms with Crippen molar-refractivity contribution in [1.82, 2.24) is 4.98 Å². The van der Waals surface area contributed by atoms with Gasteiger partial charge in [-0.25, -0.2) is 13.2 Å². The number of carbonyl (C=O) groups excluding carboxylic acids is 1. The highest BCUT2D eigenvalue weighted by Crippen LogP contribution is 2.32. The number of rotatable bonds is 4. The summed E-state index contributed by atoms with van der Waals surface area (Å²) in [6.45, 7) is 1.88. The lowest BCUT2D eigenvalue weighted by molar-refractivity contribution is -0.108. The van der Waals surface area contributed by atoms with Crippen molar-refractivity contribution in [2.45, 2.75) is 19.5 Å². The van der Waals surface area contributed by atoms with Crippen LogP contribution in [-0.2, 0) is 4.79 Å². The molecular formula is C17H14F3N3O. The van der Waals surface area contributed by atoms with E-state index in [4.69, 9.17) is 0 Å². The van der Waals surface area contributed by atoms with Crippen LogP contribution >= 0.6 is 0 Å². The van der Waals surface area contributed by atoms with Crippen LogP contribution in [0.15, 0.2) is 49.1 Å². The molecule has 0 amide bonds. The quantitative estimate of drug-likeness (QED) is 0.798. The maximum absolute atomic E-state index is 13.5. The first-order chi connectivity index (χ1) is 11.5. The Labute approximate surface area is 136 Å². The molecule has 1 aromatic carbocycles. The Morgan fingerprint density at radius 3 is 2.62 bits per heavy atom. The van der Waals surface area contributed by atoms with E-state index in [0.717, 1.165) is 23.4 Å². The average molecular weight is 333 g/mol. The number of pyridine rings is 1. The van der Waals surface area contributed by atoms with Crippen molar-refractivity contribution in [3.8, 4) is 0 Å². The molecule has 1 aromatic heterocycles. The monoisotopic (exact) mass is 333 g/mol. The molecule has 2 heterocycles. The van der Waals surface area contributed by atoms with E-state index in [1.807, 2.05) is 6.92 Å². The number of aldehydes is 1. The number of anilines is 2. The fourth-order valence-electron chi connectivity index (χ4n) is 2.63. The predicted octanol–water partition coefficient (Wildman–Crippen LogP) is 3.79. The topological polar surface area (TPSA) is 36.4 Å². The summed E-state index contributed by atoms with van der Waals surface area (Å²) >= 11 is 0. The SMILES string of the molecule is Cc1ccncc1N1C=CN(c2ccc(F)c(C(F)F)c2)C1C=O. The highest BCUT2D eigenvalue weighted by molar-refractivity contribution is 5.77. The molecule has 0 N–H and O–H groups in total. The van der Waals surface area contributed by atoms with Crippen LogP contribution in [0.1, 0.15) is 17.6 Å². The molecule has 3 rings (SSSR count). The summed E-state index contributed by atoms with van der Waals surface area (Å²) in [6, 6.07) is 5.20. The van der Waals surface area contributed by atoms with Crippen molar-refractivity contribution in [3.05, 3.63) is 66.0 Å². The molecule has 0 saturated carbocycles. The Bertz CT molecular complexity index is 794. The van der Waals surface area contributed by atoms with Gasteiger partial charge in [0, 0.05) is 24.3 Å². The highest BCUT2D eigenvalue weighted by atomic mass is 19.3. The van der Waals surface area contributed by atoms with E-state index >= 15 is 0 Å². The molecule has 0 spiro atoms. The van der Waals surface area contributed by atoms with Gasteiger partial charge in [-0.1, -0.05) is 0 Å². The predicted molar refractivity (Wildman–Crippen MR) is 84.3 cm³/mol. The van der Waals surface area contributed by atoms with Gasteiger partial charge in [0.1, 0.15) is 5.82 Å². The van der Waals surface area contributed by atoms with E-state index in [1.165, 1.54) is 11.0 Å². The first-order valence-corrected chi connectivity index (χ1v) is 7.21. The molecule has 0 aliphatic carbocycles. The summed E-state index contributed by atoms with van der Waals surface area (Å²) in [7, 11) is 0. The first kappa shape index (κ1) is 16.0. The third kappa shape index (κ3) is 2.73. The van der Waals surface area contributed by atoms with Crippen molar-refractivity contribution in [3.63, 3.8) is 0 Å². The van der Waals surface area contributed by atoms with E-state index in [2.05, 4.69) is 4.98 Å². The van der Waals surface area contributed by atoms with Crippen molar-refractivity contribution in [2.75, 3.05) is 9.80 Å². The Morgan fingerprint density at radius 2 is 1.96 bits per heavy atom. The van der Waals surface area contributed by atoms with Gasteiger partial charge in [-0.15, -0.1) is 0 Å². The number of alkyl halides is 2. The van der Waals surface area contributed by atoms with E-state index in [-0.39, 0.29) is 0 Å². The molecular weight excluding hydrogens is 319 g/mol. The van der Waals surface area contributed by atoms with Crippen molar-refractivity contribution in [2.24, 2.45) is 0 Å². The number of hydrogen-bond donors (Lipinski definition) is 0. The number of hydrogen-bond acceptors (Lipinski definition) is 4. The van der Waals surface area contributed by atoms with Crippen LogP contribution in [0.4, 0.5) is 24.5 Å². The summed E-state index contributed by atoms with van der Waals surface area (Å²) in [6.07, 6.45) is 3.52. The minimum Gasteiger partial charge on any atom is -0.319 e. The van der Waals surface area contributed by atoms with E-state index in [9.17, 15) is 18.0 Å². The number of nitrogens with zero attached hydrogens (tertiary/aromatic N) is 3. The lowest BCUT2D eigenvalue weighted by Gasteiger charge is -2.29. The molecule has 0 radical (unpaired) electrons. The van der Waals surface area contributed by atoms with Crippen LogP contribution in [-0.4, -0.2) is 17.4 Å². The number of carbonyl (C=O) groups is 1. The van der Waals surface area contributed by atoms with Gasteiger partial charge in [-0.3, -0.25) is 9.78 Å². The van der Waals surface area contributed by atoms with Crippen LogP contribution in [0.25, 0.3) is 0 Å². The molecule has 0 fully saturated rings. The molecule has 7 heteroatoms. The zero-order chi connectivity index (χ0) is 17.3. The lowest BCUT2D eigenvalue weighted by atomic mass is 10.1. The van der Waals surface area contributed by atoms with Crippen LogP contribution in [0.2, 0.25) is 0 Å². The zero-order valence-electron chi connectivity index (χ0n) is 12.7. The molecule has 1 atom stereocenters. The molecule has 4 nitrogen and oxygen atoms in total. The van der Waals surface area contributed by atoms with Crippen LogP contribution in [0, 0.1) is 12.7 Å². The van der Waals surface area contributed by atoms with Crippen LogP contribution < -0.4 is 9.80 Å². The summed E-state index contributed by atoms with van der Waals surface area (Å²) < 4.78 is 39.3. The fourth-order valence-corrected chi connectivity index (χ4v) is 2.63. The third-order valence-corrected chi connectivity index (χ3v) is 3.88. The Hall–Kier alpha value is -2.83. The smallest absolute Gasteiger partial charge is 0.266 e. The fraction of sp³-hybridized carbons (Fsp3) is 0.176. The number of aryl methyl sites for hydroxylation is 1. The van der Waals surface area contributed by atoms with Crippen molar-refractivity contribution >= 4 is 17.7 Å². The van der Waals surface area contributed by atoms with Crippen LogP contribution in [0.3, 0.4) is 0 Å². The number of aromatic nitrogens is 1. The summed E-state index contributed by atoms with van der Waals surface area (Å²) in [4.78, 5) is 18.8. The van der Waals surface area contributed by atoms with Gasteiger partial charge < -0.3 is 9.80 Å². The van der Waals surface area contributed by atoms with Crippen LogP contribution in [0.5, 0.6) is 0 Å². The van der Waals surface area contributed by atoms with Gasteiger partial charge >= 0.3 is 0 Å². The Kier molecular flexibility index (Phi) is 4.24. The molecule has 1 unspecified atom stereocenters. The maximum Gasteiger partial charge on any atom is 0.266 e. The van der Waals surface area contributed by atoms with Gasteiger partial charge in [-0.2, -0.15) is 0 Å². The third-order valence-electron chi connectivity index (χ3n) is 3.88. The molecule has 0 bridgehead atoms. The van der Waals surface area contributed by atoms with E-state index in [0.29, 0.717) is 12.0 Å². The molecule has 1 aliphatic heterocycles. The van der Waals surface area contributed by atoms with Gasteiger partial charge in [0.25, 0.3) is 6.43 Å². The zero-order valence-corrected chi connectivity index (χ0v) is 12.7. The van der Waals surface area contributed by atoms with Gasteiger partial charge in [0.2, 0.25) is 0 Å². The largest absolute Gasteiger partial charge is 0.319 e. The molecule has 124 valence electrons. The van der Waals surface area contributed by atoms with Crippen molar-refractivity contribution < 1.29 is 18.0 Å². The highest BCUT2D eigenvalue weighted by Gasteiger charge is 2.30. The lowest BCUT2D eigenvalue weighted by Crippen LogP contribution is -2.40. The summed E-state index contributed by atoms with van der Waals surface area (Å²) in [5, 5.41) is 0. The van der Waals surface area contributed by atoms with E-state index < -0.39 is 24.0 Å². The Balaban J connectivity index is 1.97. The van der Waals surface area contributed by atoms with Gasteiger partial charge in [0.15, 0.2) is 12.5 Å². The second-order valence-corrected chi connectivity index (χ2v) is 5.33. The maximum atomic E-state index is 13.5. The standard InChI is InChI=1S/C17H14F3N3O/c1-11-4-5-21-9-15(11)23-7-6-22(16(23)10-24)12-2-3-14(18)13(8-12)17(19)20/h2-10,16-17H,1H3. The molecule has 2 aromatic rings. The number of benzene rings is 1. The second kappa shape index (κ2) is 6.35. The Morgan fingerprint density at radius 1 is 1.21 bits per heavy atom.